The number of nitrogens with one attached hydrogen (secondary N) is 1. The molecule has 0 fully saturated rings. The molecule has 0 aliphatic heterocycles. The molecule has 0 atom stereocenters. The number of aromatic nitrogens is 1. The second kappa shape index (κ2) is 7.46. The number of carbonyl (C=O) groups excluding carboxylic acids is 1. The van der Waals surface area contributed by atoms with Gasteiger partial charge in [0.25, 0.3) is 5.91 Å². The lowest BCUT2D eigenvalue weighted by Gasteiger charge is -2.06. The van der Waals surface area contributed by atoms with Crippen molar-refractivity contribution < 1.29 is 22.0 Å². The Balaban J connectivity index is 1.68. The number of furan rings is 1. The lowest BCUT2D eigenvalue weighted by molar-refractivity contribution is 0.0998. The van der Waals surface area contributed by atoms with Gasteiger partial charge in [0.2, 0.25) is 5.89 Å². The van der Waals surface area contributed by atoms with Crippen LogP contribution in [-0.2, 0) is 15.6 Å². The molecule has 2 heterocycles. The van der Waals surface area contributed by atoms with Gasteiger partial charge in [-0.15, -0.1) is 0 Å². The highest BCUT2D eigenvalue weighted by Crippen LogP contribution is 2.29. The highest BCUT2D eigenvalue weighted by Gasteiger charge is 2.23. The molecule has 2 aromatic carbocycles. The maximum Gasteiger partial charge on any atom is 0.291 e. The molecule has 0 aliphatic rings. The van der Waals surface area contributed by atoms with Gasteiger partial charge in [-0.25, -0.2) is 13.4 Å². The van der Waals surface area contributed by atoms with Crippen molar-refractivity contribution in [2.45, 2.75) is 19.6 Å². The fraction of sp³-hybridized carbons (Fsp3) is 0.182. The summed E-state index contributed by atoms with van der Waals surface area (Å²) in [6.07, 6.45) is 1.13. The summed E-state index contributed by atoms with van der Waals surface area (Å²) in [5.41, 5.74) is 2.83. The molecular formula is C22H20N2O5S. The summed E-state index contributed by atoms with van der Waals surface area (Å²) in [5, 5.41) is 3.38. The van der Waals surface area contributed by atoms with E-state index in [2.05, 4.69) is 10.3 Å². The second-order valence-corrected chi connectivity index (χ2v) is 9.31. The Kier molecular flexibility index (Phi) is 4.95. The molecule has 0 spiro atoms. The molecule has 1 N–H and O–H groups in total. The number of carbonyl (C=O) groups is 1. The number of amides is 1. The van der Waals surface area contributed by atoms with E-state index in [4.69, 9.17) is 8.83 Å². The predicted molar refractivity (Wildman–Crippen MR) is 114 cm³/mol. The molecule has 1 amide bonds. The van der Waals surface area contributed by atoms with Crippen molar-refractivity contribution in [3.05, 3.63) is 71.3 Å². The van der Waals surface area contributed by atoms with Gasteiger partial charge in [0.15, 0.2) is 15.6 Å². The van der Waals surface area contributed by atoms with Crippen LogP contribution in [0.25, 0.3) is 22.4 Å². The lowest BCUT2D eigenvalue weighted by atomic mass is 10.1. The molecule has 4 rings (SSSR count). The molecule has 8 heteroatoms. The van der Waals surface area contributed by atoms with Crippen LogP contribution in [0, 0.1) is 13.8 Å². The van der Waals surface area contributed by atoms with Crippen LogP contribution in [-0.4, -0.2) is 25.6 Å². The molecule has 2 aromatic heterocycles. The van der Waals surface area contributed by atoms with Gasteiger partial charge in [0, 0.05) is 28.5 Å². The molecule has 30 heavy (non-hydrogen) atoms. The summed E-state index contributed by atoms with van der Waals surface area (Å²) in [6.45, 7) is 3.70. The number of rotatable bonds is 5. The standard InChI is InChI=1S/C22H20N2O5S/c1-13-14(2)28-22(23-13)15-7-6-8-16(11-15)24-21(25)20-18(12-30(3,26)27)17-9-4-5-10-19(17)29-20/h4-11H,12H2,1-3H3,(H,24,25). The van der Waals surface area contributed by atoms with Gasteiger partial charge in [0.1, 0.15) is 11.3 Å². The quantitative estimate of drug-likeness (QED) is 0.506. The van der Waals surface area contributed by atoms with Crippen LogP contribution in [0.2, 0.25) is 0 Å². The zero-order valence-electron chi connectivity index (χ0n) is 16.7. The Hall–Kier alpha value is -3.39. The fourth-order valence-corrected chi connectivity index (χ4v) is 4.01. The van der Waals surface area contributed by atoms with Crippen LogP contribution in [0.15, 0.2) is 57.4 Å². The Morgan fingerprint density at radius 1 is 1.07 bits per heavy atom. The number of hydrogen-bond acceptors (Lipinski definition) is 6. The first-order chi connectivity index (χ1) is 14.2. The lowest BCUT2D eigenvalue weighted by Crippen LogP contribution is -2.14. The molecule has 0 saturated carbocycles. The Morgan fingerprint density at radius 3 is 2.53 bits per heavy atom. The van der Waals surface area contributed by atoms with Crippen LogP contribution >= 0.6 is 0 Å². The number of sulfone groups is 1. The maximum absolute atomic E-state index is 13.0. The van der Waals surface area contributed by atoms with E-state index in [9.17, 15) is 13.2 Å². The molecule has 0 saturated heterocycles. The Morgan fingerprint density at radius 2 is 1.83 bits per heavy atom. The molecule has 4 aromatic rings. The van der Waals surface area contributed by atoms with Gasteiger partial charge in [-0.05, 0) is 38.1 Å². The van der Waals surface area contributed by atoms with E-state index in [0.717, 1.165) is 17.7 Å². The summed E-state index contributed by atoms with van der Waals surface area (Å²) in [7, 11) is -3.37. The first-order valence-corrected chi connectivity index (χ1v) is 11.3. The molecule has 0 radical (unpaired) electrons. The van der Waals surface area contributed by atoms with Crippen LogP contribution < -0.4 is 5.32 Å². The van der Waals surface area contributed by atoms with Crippen molar-refractivity contribution in [3.63, 3.8) is 0 Å². The third-order valence-corrected chi connectivity index (χ3v) is 5.52. The first kappa shape index (κ1) is 19.9. The third-order valence-electron chi connectivity index (χ3n) is 4.71. The largest absolute Gasteiger partial charge is 0.451 e. The normalized spacial score (nSPS) is 11.7. The topological polar surface area (TPSA) is 102 Å². The van der Waals surface area contributed by atoms with Crippen molar-refractivity contribution in [2.75, 3.05) is 11.6 Å². The Labute approximate surface area is 173 Å². The minimum atomic E-state index is -3.37. The fourth-order valence-electron chi connectivity index (χ4n) is 3.20. The van der Waals surface area contributed by atoms with E-state index < -0.39 is 15.7 Å². The van der Waals surface area contributed by atoms with Crippen LogP contribution in [0.4, 0.5) is 5.69 Å². The van der Waals surface area contributed by atoms with E-state index in [0.29, 0.717) is 33.7 Å². The van der Waals surface area contributed by atoms with Crippen molar-refractivity contribution in [1.82, 2.24) is 4.98 Å². The molecule has 154 valence electrons. The number of hydrogen-bond donors (Lipinski definition) is 1. The molecule has 0 aliphatic carbocycles. The van der Waals surface area contributed by atoms with E-state index in [-0.39, 0.29) is 11.5 Å². The SMILES string of the molecule is Cc1nc(-c2cccc(NC(=O)c3oc4ccccc4c3CS(C)(=O)=O)c2)oc1C. The molecular weight excluding hydrogens is 404 g/mol. The predicted octanol–water partition coefficient (Wildman–Crippen LogP) is 4.50. The third kappa shape index (κ3) is 3.99. The Bertz CT molecular complexity index is 1350. The van der Waals surface area contributed by atoms with E-state index in [1.807, 2.05) is 19.9 Å². The summed E-state index contributed by atoms with van der Waals surface area (Å²) in [6, 6.07) is 14.0. The van der Waals surface area contributed by atoms with Crippen molar-refractivity contribution in [2.24, 2.45) is 0 Å². The zero-order valence-corrected chi connectivity index (χ0v) is 17.5. The summed E-state index contributed by atoms with van der Waals surface area (Å²) in [4.78, 5) is 17.3. The molecule has 7 nitrogen and oxygen atoms in total. The number of aryl methyl sites for hydroxylation is 2. The van der Waals surface area contributed by atoms with Crippen LogP contribution in [0.3, 0.4) is 0 Å². The first-order valence-electron chi connectivity index (χ1n) is 9.25. The number of nitrogens with zero attached hydrogens (tertiary/aromatic N) is 1. The number of anilines is 1. The molecule has 0 unspecified atom stereocenters. The highest BCUT2D eigenvalue weighted by atomic mass is 32.2. The average molecular weight is 424 g/mol. The monoisotopic (exact) mass is 424 g/mol. The summed E-state index contributed by atoms with van der Waals surface area (Å²) in [5.74, 6) is 0.355. The van der Waals surface area contributed by atoms with Crippen molar-refractivity contribution >= 4 is 32.4 Å². The number of benzene rings is 2. The maximum atomic E-state index is 13.0. The smallest absolute Gasteiger partial charge is 0.291 e. The van der Waals surface area contributed by atoms with Gasteiger partial charge in [-0.3, -0.25) is 4.79 Å². The van der Waals surface area contributed by atoms with Crippen LogP contribution in [0.5, 0.6) is 0 Å². The van der Waals surface area contributed by atoms with Crippen molar-refractivity contribution in [1.29, 1.82) is 0 Å². The minimum absolute atomic E-state index is 0.0187. The number of para-hydroxylation sites is 1. The van der Waals surface area contributed by atoms with Gasteiger partial charge in [0.05, 0.1) is 11.4 Å². The number of oxazole rings is 1. The minimum Gasteiger partial charge on any atom is -0.451 e. The number of fused-ring (bicyclic) bond motifs is 1. The summed E-state index contributed by atoms with van der Waals surface area (Å²) < 4.78 is 35.2. The zero-order chi connectivity index (χ0) is 21.5. The van der Waals surface area contributed by atoms with E-state index >= 15 is 0 Å². The van der Waals surface area contributed by atoms with E-state index in [1.54, 1.807) is 42.5 Å². The second-order valence-electron chi connectivity index (χ2n) is 7.17. The average Bonchev–Trinajstić information content (AvgIpc) is 3.21. The van der Waals surface area contributed by atoms with Gasteiger partial charge >= 0.3 is 0 Å². The van der Waals surface area contributed by atoms with Gasteiger partial charge < -0.3 is 14.2 Å². The van der Waals surface area contributed by atoms with Gasteiger partial charge in [-0.2, -0.15) is 0 Å². The summed E-state index contributed by atoms with van der Waals surface area (Å²) >= 11 is 0. The van der Waals surface area contributed by atoms with Crippen LogP contribution in [0.1, 0.15) is 27.6 Å². The van der Waals surface area contributed by atoms with E-state index in [1.165, 1.54) is 0 Å². The van der Waals surface area contributed by atoms with Crippen molar-refractivity contribution in [3.8, 4) is 11.5 Å². The molecule has 0 bridgehead atoms. The van der Waals surface area contributed by atoms with Gasteiger partial charge in [-0.1, -0.05) is 24.3 Å². The highest BCUT2D eigenvalue weighted by molar-refractivity contribution is 7.89.